The summed E-state index contributed by atoms with van der Waals surface area (Å²) in [6.07, 6.45) is 2.82. The molecule has 2 rings (SSSR count). The molecular formula is C13H15NO. The van der Waals surface area contributed by atoms with Gasteiger partial charge in [0.25, 0.3) is 0 Å². The Morgan fingerprint density at radius 2 is 2.13 bits per heavy atom. The Kier molecular flexibility index (Phi) is 2.86. The monoisotopic (exact) mass is 201 g/mol. The summed E-state index contributed by atoms with van der Waals surface area (Å²) in [6, 6.07) is 8.12. The molecule has 2 nitrogen and oxygen atoms in total. The third-order valence-corrected chi connectivity index (χ3v) is 2.41. The van der Waals surface area contributed by atoms with Gasteiger partial charge in [0.2, 0.25) is 0 Å². The fraction of sp³-hybridized carbons (Fsp3) is 0.308. The molecule has 1 aromatic carbocycles. The molecule has 0 saturated carbocycles. The highest BCUT2D eigenvalue weighted by Gasteiger charge is 2.04. The van der Waals surface area contributed by atoms with Crippen molar-refractivity contribution < 1.29 is 4.74 Å². The number of hydrogen-bond acceptors (Lipinski definition) is 2. The van der Waals surface area contributed by atoms with Crippen LogP contribution < -0.4 is 4.74 Å². The van der Waals surface area contributed by atoms with E-state index in [0.717, 1.165) is 24.3 Å². The molecule has 15 heavy (non-hydrogen) atoms. The molecule has 0 amide bonds. The number of nitrogens with zero attached hydrogens (tertiary/aromatic N) is 1. The van der Waals surface area contributed by atoms with Gasteiger partial charge in [-0.3, -0.25) is 4.98 Å². The van der Waals surface area contributed by atoms with Gasteiger partial charge in [-0.2, -0.15) is 0 Å². The molecule has 0 radical (unpaired) electrons. The molecule has 1 heterocycles. The van der Waals surface area contributed by atoms with Crippen LogP contribution in [0.1, 0.15) is 18.9 Å². The van der Waals surface area contributed by atoms with Crippen LogP contribution in [-0.2, 0) is 0 Å². The number of ether oxygens (including phenoxy) is 1. The molecule has 0 spiro atoms. The predicted molar refractivity (Wildman–Crippen MR) is 62.3 cm³/mol. The zero-order valence-electron chi connectivity index (χ0n) is 9.16. The Morgan fingerprint density at radius 1 is 1.27 bits per heavy atom. The average molecular weight is 201 g/mol. The molecule has 1 aromatic heterocycles. The van der Waals surface area contributed by atoms with Crippen LogP contribution in [0.2, 0.25) is 0 Å². The molecule has 0 saturated heterocycles. The van der Waals surface area contributed by atoms with Gasteiger partial charge in [-0.15, -0.1) is 0 Å². The van der Waals surface area contributed by atoms with E-state index < -0.39 is 0 Å². The van der Waals surface area contributed by atoms with Crippen LogP contribution in [0.3, 0.4) is 0 Å². The van der Waals surface area contributed by atoms with Gasteiger partial charge in [0, 0.05) is 11.6 Å². The van der Waals surface area contributed by atoms with E-state index in [2.05, 4.69) is 31.0 Å². The van der Waals surface area contributed by atoms with E-state index in [0.29, 0.717) is 0 Å². The summed E-state index contributed by atoms with van der Waals surface area (Å²) in [7, 11) is 0. The largest absolute Gasteiger partial charge is 0.491 e. The van der Waals surface area contributed by atoms with E-state index in [1.54, 1.807) is 6.20 Å². The highest BCUT2D eigenvalue weighted by Crippen LogP contribution is 2.26. The third-order valence-electron chi connectivity index (χ3n) is 2.41. The summed E-state index contributed by atoms with van der Waals surface area (Å²) < 4.78 is 5.66. The van der Waals surface area contributed by atoms with E-state index in [-0.39, 0.29) is 0 Å². The first-order valence-corrected chi connectivity index (χ1v) is 5.30. The van der Waals surface area contributed by atoms with Gasteiger partial charge in [-0.25, -0.2) is 0 Å². The lowest BCUT2D eigenvalue weighted by Crippen LogP contribution is -1.97. The number of fused-ring (bicyclic) bond motifs is 1. The zero-order valence-corrected chi connectivity index (χ0v) is 9.16. The fourth-order valence-corrected chi connectivity index (χ4v) is 1.62. The summed E-state index contributed by atoms with van der Waals surface area (Å²) in [5.74, 6) is 0.887. The fourth-order valence-electron chi connectivity index (χ4n) is 1.62. The molecule has 0 fully saturated rings. The van der Waals surface area contributed by atoms with Gasteiger partial charge >= 0.3 is 0 Å². The number of benzene rings is 1. The molecule has 2 aromatic rings. The van der Waals surface area contributed by atoms with Crippen LogP contribution >= 0.6 is 0 Å². The zero-order chi connectivity index (χ0) is 10.7. The van der Waals surface area contributed by atoms with Crippen molar-refractivity contribution >= 4 is 10.9 Å². The Hall–Kier alpha value is -1.57. The highest BCUT2D eigenvalue weighted by molar-refractivity contribution is 5.87. The van der Waals surface area contributed by atoms with Crippen molar-refractivity contribution in [3.63, 3.8) is 0 Å². The summed E-state index contributed by atoms with van der Waals surface area (Å²) in [5, 5.41) is 1.17. The second-order valence-electron chi connectivity index (χ2n) is 3.63. The summed E-state index contributed by atoms with van der Waals surface area (Å²) in [5.41, 5.74) is 2.20. The van der Waals surface area contributed by atoms with Crippen molar-refractivity contribution in [3.8, 4) is 5.75 Å². The standard InChI is InChI=1S/C13H15NO/c1-3-9-15-12-7-6-10(2)11-5-4-8-14-13(11)12/h4-8H,3,9H2,1-2H3. The number of pyridine rings is 1. The van der Waals surface area contributed by atoms with Crippen LogP contribution in [0.15, 0.2) is 30.5 Å². The second-order valence-corrected chi connectivity index (χ2v) is 3.63. The maximum absolute atomic E-state index is 5.66. The minimum atomic E-state index is 0.745. The Balaban J connectivity index is 2.51. The number of aryl methyl sites for hydroxylation is 1. The van der Waals surface area contributed by atoms with E-state index in [9.17, 15) is 0 Å². The quantitative estimate of drug-likeness (QED) is 0.759. The van der Waals surface area contributed by atoms with Crippen molar-refractivity contribution in [2.45, 2.75) is 20.3 Å². The third kappa shape index (κ3) is 1.94. The smallest absolute Gasteiger partial charge is 0.145 e. The molecule has 78 valence electrons. The van der Waals surface area contributed by atoms with Gasteiger partial charge in [0.1, 0.15) is 11.3 Å². The molecule has 2 heteroatoms. The van der Waals surface area contributed by atoms with Crippen LogP contribution in [0, 0.1) is 6.92 Å². The number of rotatable bonds is 3. The van der Waals surface area contributed by atoms with E-state index >= 15 is 0 Å². The lowest BCUT2D eigenvalue weighted by Gasteiger charge is -2.08. The number of aromatic nitrogens is 1. The molecule has 0 atom stereocenters. The lowest BCUT2D eigenvalue weighted by molar-refractivity contribution is 0.320. The normalized spacial score (nSPS) is 10.5. The van der Waals surface area contributed by atoms with Gasteiger partial charge < -0.3 is 4.74 Å². The molecule has 0 N–H and O–H groups in total. The molecule has 0 unspecified atom stereocenters. The minimum absolute atomic E-state index is 0.745. The number of hydrogen-bond donors (Lipinski definition) is 0. The Morgan fingerprint density at radius 3 is 2.93 bits per heavy atom. The first-order valence-electron chi connectivity index (χ1n) is 5.30. The van der Waals surface area contributed by atoms with E-state index in [1.165, 1.54) is 10.9 Å². The Labute approximate surface area is 89.9 Å². The molecule has 0 aliphatic carbocycles. The molecular weight excluding hydrogens is 186 g/mol. The van der Waals surface area contributed by atoms with Gasteiger partial charge in [0.05, 0.1) is 6.61 Å². The lowest BCUT2D eigenvalue weighted by atomic mass is 10.1. The summed E-state index contributed by atoms with van der Waals surface area (Å²) in [6.45, 7) is 4.94. The first kappa shape index (κ1) is 9.97. The van der Waals surface area contributed by atoms with Gasteiger partial charge in [0.15, 0.2) is 0 Å². The van der Waals surface area contributed by atoms with Crippen molar-refractivity contribution in [2.75, 3.05) is 6.61 Å². The topological polar surface area (TPSA) is 22.1 Å². The Bertz CT molecular complexity index is 465. The highest BCUT2D eigenvalue weighted by atomic mass is 16.5. The van der Waals surface area contributed by atoms with E-state index in [1.807, 2.05) is 12.1 Å². The minimum Gasteiger partial charge on any atom is -0.491 e. The predicted octanol–water partition coefficient (Wildman–Crippen LogP) is 3.33. The maximum atomic E-state index is 5.66. The van der Waals surface area contributed by atoms with Crippen LogP contribution in [-0.4, -0.2) is 11.6 Å². The second kappa shape index (κ2) is 4.30. The molecule has 0 aliphatic heterocycles. The summed E-state index contributed by atoms with van der Waals surface area (Å²) in [4.78, 5) is 4.37. The van der Waals surface area contributed by atoms with Gasteiger partial charge in [-0.05, 0) is 31.0 Å². The SMILES string of the molecule is CCCOc1ccc(C)c2cccnc12. The maximum Gasteiger partial charge on any atom is 0.145 e. The van der Waals surface area contributed by atoms with Crippen LogP contribution in [0.4, 0.5) is 0 Å². The van der Waals surface area contributed by atoms with Gasteiger partial charge in [-0.1, -0.05) is 19.1 Å². The van der Waals surface area contributed by atoms with Crippen LogP contribution in [0.5, 0.6) is 5.75 Å². The summed E-state index contributed by atoms with van der Waals surface area (Å²) >= 11 is 0. The van der Waals surface area contributed by atoms with E-state index in [4.69, 9.17) is 4.74 Å². The van der Waals surface area contributed by atoms with Crippen molar-refractivity contribution in [3.05, 3.63) is 36.0 Å². The van der Waals surface area contributed by atoms with Crippen molar-refractivity contribution in [1.29, 1.82) is 0 Å². The van der Waals surface area contributed by atoms with Crippen molar-refractivity contribution in [2.24, 2.45) is 0 Å². The average Bonchev–Trinajstić information content (AvgIpc) is 2.29. The van der Waals surface area contributed by atoms with Crippen LogP contribution in [0.25, 0.3) is 10.9 Å². The molecule has 0 aliphatic rings. The van der Waals surface area contributed by atoms with Crippen molar-refractivity contribution in [1.82, 2.24) is 4.98 Å². The first-order chi connectivity index (χ1) is 7.33. The molecule has 0 bridgehead atoms.